The normalized spacial score (nSPS) is 9.21. The molecular weight excluding hydrogens is 184 g/mol. The molecule has 5 nitrogen and oxygen atoms in total. The van der Waals surface area contributed by atoms with Crippen LogP contribution >= 0.6 is 0 Å². The van der Waals surface area contributed by atoms with Crippen molar-refractivity contribution < 1.29 is 14.3 Å². The number of amides is 2. The highest BCUT2D eigenvalue weighted by molar-refractivity contribution is 6.02. The van der Waals surface area contributed by atoms with Crippen LogP contribution < -0.4 is 15.8 Å². The molecule has 0 saturated heterocycles. The molecule has 3 N–H and O–H groups in total. The number of nitrogens with one attached hydrogen (secondary N) is 1. The first kappa shape index (κ1) is 10.0. The lowest BCUT2D eigenvalue weighted by molar-refractivity contribution is -0.105. The number of nitrogens with two attached hydrogens (primary N) is 1. The molecule has 14 heavy (non-hydrogen) atoms. The van der Waals surface area contributed by atoms with Gasteiger partial charge in [-0.25, -0.2) is 0 Å². The van der Waals surface area contributed by atoms with Crippen LogP contribution in [0.1, 0.15) is 10.4 Å². The molecule has 1 aromatic rings. The zero-order valence-corrected chi connectivity index (χ0v) is 7.61. The molecule has 0 aliphatic rings. The minimum Gasteiger partial charge on any atom is -0.496 e. The van der Waals surface area contributed by atoms with Crippen LogP contribution in [0.25, 0.3) is 0 Å². The van der Waals surface area contributed by atoms with Gasteiger partial charge < -0.3 is 15.8 Å². The molecule has 0 aliphatic heterocycles. The monoisotopic (exact) mass is 194 g/mol. The lowest BCUT2D eigenvalue weighted by atomic mass is 10.1. The molecule has 0 fully saturated rings. The van der Waals surface area contributed by atoms with E-state index in [9.17, 15) is 9.59 Å². The zero-order chi connectivity index (χ0) is 10.6. The number of anilines is 1. The van der Waals surface area contributed by atoms with Gasteiger partial charge in [-0.2, -0.15) is 0 Å². The number of methoxy groups -OCH3 is 1. The van der Waals surface area contributed by atoms with Crippen molar-refractivity contribution in [2.45, 2.75) is 0 Å². The van der Waals surface area contributed by atoms with Crippen molar-refractivity contribution in [3.63, 3.8) is 0 Å². The molecule has 0 saturated carbocycles. The first-order valence-electron chi connectivity index (χ1n) is 3.87. The minimum atomic E-state index is -0.646. The lowest BCUT2D eigenvalue weighted by Crippen LogP contribution is -2.15. The fourth-order valence-corrected chi connectivity index (χ4v) is 1.14. The molecule has 0 spiro atoms. The summed E-state index contributed by atoms with van der Waals surface area (Å²) in [6.07, 6.45) is 0.473. The molecule has 0 aliphatic carbocycles. The van der Waals surface area contributed by atoms with Gasteiger partial charge in [-0.1, -0.05) is 6.07 Å². The Morgan fingerprint density at radius 1 is 1.57 bits per heavy atom. The van der Waals surface area contributed by atoms with Crippen molar-refractivity contribution >= 4 is 18.0 Å². The third-order valence-corrected chi connectivity index (χ3v) is 1.71. The number of hydrogen-bond acceptors (Lipinski definition) is 3. The Balaban J connectivity index is 3.27. The SMILES string of the molecule is COc1cccc(NC=O)c1C(N)=O. The molecule has 0 radical (unpaired) electrons. The average molecular weight is 194 g/mol. The van der Waals surface area contributed by atoms with E-state index < -0.39 is 5.91 Å². The third-order valence-electron chi connectivity index (χ3n) is 1.71. The summed E-state index contributed by atoms with van der Waals surface area (Å²) in [7, 11) is 1.42. The Morgan fingerprint density at radius 3 is 2.79 bits per heavy atom. The van der Waals surface area contributed by atoms with Gasteiger partial charge in [0.1, 0.15) is 11.3 Å². The number of hydrogen-bond donors (Lipinski definition) is 2. The van der Waals surface area contributed by atoms with Crippen LogP contribution in [0.15, 0.2) is 18.2 Å². The molecule has 0 heterocycles. The van der Waals surface area contributed by atoms with E-state index in [0.29, 0.717) is 17.8 Å². The maximum absolute atomic E-state index is 11.1. The summed E-state index contributed by atoms with van der Waals surface area (Å²) in [5.74, 6) is -0.309. The number of ether oxygens (including phenoxy) is 1. The summed E-state index contributed by atoms with van der Waals surface area (Å²) in [4.78, 5) is 21.3. The zero-order valence-electron chi connectivity index (χ0n) is 7.61. The molecule has 0 atom stereocenters. The van der Waals surface area contributed by atoms with Gasteiger partial charge in [0.15, 0.2) is 0 Å². The molecule has 1 rings (SSSR count). The maximum Gasteiger partial charge on any atom is 0.254 e. The van der Waals surface area contributed by atoms with Crippen LogP contribution in [0.2, 0.25) is 0 Å². The highest BCUT2D eigenvalue weighted by Gasteiger charge is 2.13. The molecule has 1 aromatic carbocycles. The Labute approximate surface area is 80.9 Å². The summed E-state index contributed by atoms with van der Waals surface area (Å²) in [5.41, 5.74) is 5.65. The Morgan fingerprint density at radius 2 is 2.29 bits per heavy atom. The highest BCUT2D eigenvalue weighted by Crippen LogP contribution is 2.25. The smallest absolute Gasteiger partial charge is 0.254 e. The highest BCUT2D eigenvalue weighted by atomic mass is 16.5. The van der Waals surface area contributed by atoms with E-state index in [4.69, 9.17) is 10.5 Å². The van der Waals surface area contributed by atoms with Crippen LogP contribution in [0.5, 0.6) is 5.75 Å². The van der Waals surface area contributed by atoms with Gasteiger partial charge in [0, 0.05) is 0 Å². The van der Waals surface area contributed by atoms with Gasteiger partial charge in [0.25, 0.3) is 5.91 Å². The average Bonchev–Trinajstić information content (AvgIpc) is 2.17. The fourth-order valence-electron chi connectivity index (χ4n) is 1.14. The Kier molecular flexibility index (Phi) is 3.06. The van der Waals surface area contributed by atoms with E-state index in [0.717, 1.165) is 0 Å². The summed E-state index contributed by atoms with van der Waals surface area (Å²) >= 11 is 0. The van der Waals surface area contributed by atoms with Crippen LogP contribution in [-0.4, -0.2) is 19.4 Å². The van der Waals surface area contributed by atoms with Crippen molar-refractivity contribution in [1.29, 1.82) is 0 Å². The Hall–Kier alpha value is -2.04. The van der Waals surface area contributed by atoms with Crippen LogP contribution in [-0.2, 0) is 4.79 Å². The maximum atomic E-state index is 11.1. The topological polar surface area (TPSA) is 81.4 Å². The fraction of sp³-hybridized carbons (Fsp3) is 0.111. The molecule has 0 bridgehead atoms. The number of carbonyl (C=O) groups excluding carboxylic acids is 2. The standard InChI is InChI=1S/C9H10N2O3/c1-14-7-4-2-3-6(11-5-12)8(7)9(10)13/h2-5H,1H3,(H2,10,13)(H,11,12). The van der Waals surface area contributed by atoms with Crippen molar-refractivity contribution in [3.8, 4) is 5.75 Å². The molecule has 0 aromatic heterocycles. The molecule has 5 heteroatoms. The second kappa shape index (κ2) is 4.27. The van der Waals surface area contributed by atoms with Gasteiger partial charge in [0.2, 0.25) is 6.41 Å². The van der Waals surface area contributed by atoms with Gasteiger partial charge in [0.05, 0.1) is 12.8 Å². The summed E-state index contributed by atoms with van der Waals surface area (Å²) in [6.45, 7) is 0. The van der Waals surface area contributed by atoms with Gasteiger partial charge in [-0.15, -0.1) is 0 Å². The van der Waals surface area contributed by atoms with E-state index in [1.165, 1.54) is 7.11 Å². The number of rotatable bonds is 4. The number of primary amides is 1. The first-order valence-corrected chi connectivity index (χ1v) is 3.87. The van der Waals surface area contributed by atoms with E-state index in [-0.39, 0.29) is 5.56 Å². The van der Waals surface area contributed by atoms with E-state index in [2.05, 4.69) is 5.32 Å². The largest absolute Gasteiger partial charge is 0.496 e. The summed E-state index contributed by atoms with van der Waals surface area (Å²) in [6, 6.07) is 4.81. The predicted octanol–water partition coefficient (Wildman–Crippen LogP) is 0.362. The van der Waals surface area contributed by atoms with Crippen molar-refractivity contribution in [1.82, 2.24) is 0 Å². The van der Waals surface area contributed by atoms with Gasteiger partial charge >= 0.3 is 0 Å². The Bertz CT molecular complexity index is 363. The van der Waals surface area contributed by atoms with Crippen LogP contribution in [0, 0.1) is 0 Å². The summed E-state index contributed by atoms with van der Waals surface area (Å²) < 4.78 is 4.94. The summed E-state index contributed by atoms with van der Waals surface area (Å²) in [5, 5.41) is 2.37. The van der Waals surface area contributed by atoms with Crippen molar-refractivity contribution in [2.24, 2.45) is 5.73 Å². The van der Waals surface area contributed by atoms with Gasteiger partial charge in [-0.3, -0.25) is 9.59 Å². The van der Waals surface area contributed by atoms with Crippen LogP contribution in [0.4, 0.5) is 5.69 Å². The third kappa shape index (κ3) is 1.82. The number of carbonyl (C=O) groups is 2. The number of benzene rings is 1. The van der Waals surface area contributed by atoms with Gasteiger partial charge in [-0.05, 0) is 12.1 Å². The lowest BCUT2D eigenvalue weighted by Gasteiger charge is -2.09. The van der Waals surface area contributed by atoms with E-state index in [1.807, 2.05) is 0 Å². The molecule has 0 unspecified atom stereocenters. The van der Waals surface area contributed by atoms with Crippen molar-refractivity contribution in [3.05, 3.63) is 23.8 Å². The molecule has 2 amide bonds. The first-order chi connectivity index (χ1) is 6.70. The van der Waals surface area contributed by atoms with E-state index in [1.54, 1.807) is 18.2 Å². The molecule has 74 valence electrons. The predicted molar refractivity (Wildman–Crippen MR) is 51.2 cm³/mol. The second-order valence-corrected chi connectivity index (χ2v) is 2.51. The quantitative estimate of drug-likeness (QED) is 0.679. The van der Waals surface area contributed by atoms with Crippen LogP contribution in [0.3, 0.4) is 0 Å². The minimum absolute atomic E-state index is 0.169. The van der Waals surface area contributed by atoms with Crippen molar-refractivity contribution in [2.75, 3.05) is 12.4 Å². The second-order valence-electron chi connectivity index (χ2n) is 2.51. The van der Waals surface area contributed by atoms with E-state index >= 15 is 0 Å². The molecular formula is C9H10N2O3.